The summed E-state index contributed by atoms with van der Waals surface area (Å²) in [7, 11) is 3.73. The molecule has 0 bridgehead atoms. The monoisotopic (exact) mass is 151 g/mol. The molecule has 60 valence electrons. The van der Waals surface area contributed by atoms with Crippen molar-refractivity contribution in [3.05, 3.63) is 24.9 Å². The van der Waals surface area contributed by atoms with Gasteiger partial charge in [-0.3, -0.25) is 4.99 Å². The molecule has 0 aliphatic carbocycles. The summed E-state index contributed by atoms with van der Waals surface area (Å²) < 4.78 is 1.98. The summed E-state index contributed by atoms with van der Waals surface area (Å²) in [5.74, 6) is 0. The summed E-state index contributed by atoms with van der Waals surface area (Å²) in [5.41, 5.74) is 1.10. The number of aliphatic imine (C=N–C) groups is 1. The number of allylic oxidation sites excluding steroid dienone is 2. The Kier molecular flexibility index (Phi) is 4.99. The van der Waals surface area contributed by atoms with Crippen LogP contribution >= 0.6 is 0 Å². The van der Waals surface area contributed by atoms with Crippen LogP contribution in [-0.2, 0) is 0 Å². The van der Waals surface area contributed by atoms with E-state index in [2.05, 4.69) is 11.6 Å². The molecule has 0 saturated carbocycles. The summed E-state index contributed by atoms with van der Waals surface area (Å²) in [6.45, 7) is 5.58. The molecule has 2 heteroatoms. The minimum Gasteiger partial charge on any atom is -0.290 e. The van der Waals surface area contributed by atoms with Crippen molar-refractivity contribution in [3.63, 3.8) is 0 Å². The van der Waals surface area contributed by atoms with Crippen LogP contribution in [0.3, 0.4) is 0 Å². The molecule has 0 atom stereocenters. The number of nitrogens with zero attached hydrogens (tertiary/aromatic N) is 2. The van der Waals surface area contributed by atoms with Crippen molar-refractivity contribution in [1.82, 2.24) is 0 Å². The third kappa shape index (κ3) is 4.25. The molecular formula is C9H15N2+. The number of hydrogen-bond donors (Lipinski definition) is 0. The maximum Gasteiger partial charge on any atom is 0.195 e. The van der Waals surface area contributed by atoms with Gasteiger partial charge in [-0.2, -0.15) is 0 Å². The average molecular weight is 151 g/mol. The van der Waals surface area contributed by atoms with Crippen molar-refractivity contribution in [2.75, 3.05) is 14.1 Å². The van der Waals surface area contributed by atoms with Gasteiger partial charge in [-0.15, -0.1) is 0 Å². The van der Waals surface area contributed by atoms with E-state index in [0.29, 0.717) is 0 Å². The van der Waals surface area contributed by atoms with Gasteiger partial charge >= 0.3 is 0 Å². The molecule has 0 aromatic rings. The molecule has 0 N–H and O–H groups in total. The molecule has 0 unspecified atom stereocenters. The Morgan fingerprint density at radius 2 is 2.18 bits per heavy atom. The van der Waals surface area contributed by atoms with Crippen molar-refractivity contribution in [3.8, 4) is 0 Å². The molecule has 0 aliphatic rings. The van der Waals surface area contributed by atoms with Crippen molar-refractivity contribution in [2.45, 2.75) is 6.92 Å². The Balaban J connectivity index is 4.38. The minimum absolute atomic E-state index is 1.10. The second-order valence-corrected chi connectivity index (χ2v) is 2.22. The third-order valence-corrected chi connectivity index (χ3v) is 1.32. The quantitative estimate of drug-likeness (QED) is 0.330. The Hall–Kier alpha value is -1.18. The van der Waals surface area contributed by atoms with Crippen molar-refractivity contribution < 1.29 is 4.58 Å². The van der Waals surface area contributed by atoms with Crippen LogP contribution in [0.5, 0.6) is 0 Å². The summed E-state index contributed by atoms with van der Waals surface area (Å²) in [6.07, 6.45) is 7.37. The molecule has 0 rings (SSSR count). The number of rotatable bonds is 3. The number of hydrogen-bond acceptors (Lipinski definition) is 1. The van der Waals surface area contributed by atoms with E-state index in [-0.39, 0.29) is 0 Å². The second-order valence-electron chi connectivity index (χ2n) is 2.22. The first-order valence-corrected chi connectivity index (χ1v) is 3.50. The molecule has 0 saturated heterocycles. The summed E-state index contributed by atoms with van der Waals surface area (Å²) in [5, 5.41) is 0. The standard InChI is InChI=1S/C9H15N2/c1-5-6-7-11(4)9(2)8-10-3/h5-8H,1H2,2-4H3/q+1. The van der Waals surface area contributed by atoms with Gasteiger partial charge in [0.15, 0.2) is 11.9 Å². The van der Waals surface area contributed by atoms with Crippen LogP contribution in [-0.4, -0.2) is 30.6 Å². The molecule has 0 heterocycles. The van der Waals surface area contributed by atoms with E-state index in [1.165, 1.54) is 0 Å². The minimum atomic E-state index is 1.10. The lowest BCUT2D eigenvalue weighted by molar-refractivity contribution is -0.420. The smallest absolute Gasteiger partial charge is 0.195 e. The van der Waals surface area contributed by atoms with Gasteiger partial charge in [0.05, 0.1) is 6.21 Å². The van der Waals surface area contributed by atoms with Crippen molar-refractivity contribution in [1.29, 1.82) is 0 Å². The molecule has 0 aromatic carbocycles. The maximum absolute atomic E-state index is 3.90. The second kappa shape index (κ2) is 5.59. The molecule has 0 amide bonds. The van der Waals surface area contributed by atoms with Crippen LogP contribution in [0, 0.1) is 0 Å². The van der Waals surface area contributed by atoms with Gasteiger partial charge < -0.3 is 0 Å². The molecule has 0 aliphatic heterocycles. The maximum atomic E-state index is 3.90. The topological polar surface area (TPSA) is 15.4 Å². The highest BCUT2D eigenvalue weighted by Crippen LogP contribution is 1.78. The zero-order valence-electron chi connectivity index (χ0n) is 7.41. The Morgan fingerprint density at radius 1 is 1.55 bits per heavy atom. The first-order valence-electron chi connectivity index (χ1n) is 3.50. The van der Waals surface area contributed by atoms with E-state index in [9.17, 15) is 0 Å². The first kappa shape index (κ1) is 9.82. The third-order valence-electron chi connectivity index (χ3n) is 1.32. The van der Waals surface area contributed by atoms with Crippen LogP contribution in [0.2, 0.25) is 0 Å². The Bertz CT molecular complexity index is 210. The zero-order valence-corrected chi connectivity index (χ0v) is 7.41. The SMILES string of the molecule is C=CC=C[N+](C)=C(C)C=NC. The van der Waals surface area contributed by atoms with E-state index in [4.69, 9.17) is 0 Å². The van der Waals surface area contributed by atoms with Gasteiger partial charge in [0.1, 0.15) is 7.05 Å². The molecule has 11 heavy (non-hydrogen) atoms. The highest BCUT2D eigenvalue weighted by Gasteiger charge is 1.94. The van der Waals surface area contributed by atoms with Crippen LogP contribution in [0.1, 0.15) is 6.92 Å². The lowest BCUT2D eigenvalue weighted by Crippen LogP contribution is -2.09. The average Bonchev–Trinajstić information content (AvgIpc) is 2.00. The molecule has 0 spiro atoms. The van der Waals surface area contributed by atoms with Crippen molar-refractivity contribution in [2.24, 2.45) is 4.99 Å². The van der Waals surface area contributed by atoms with Gasteiger partial charge in [0.2, 0.25) is 0 Å². The molecule has 0 radical (unpaired) electrons. The van der Waals surface area contributed by atoms with E-state index < -0.39 is 0 Å². The van der Waals surface area contributed by atoms with Gasteiger partial charge in [-0.25, -0.2) is 4.58 Å². The molecule has 2 nitrogen and oxygen atoms in total. The van der Waals surface area contributed by atoms with Gasteiger partial charge in [0, 0.05) is 20.0 Å². The highest BCUT2D eigenvalue weighted by atomic mass is 15.0. The van der Waals surface area contributed by atoms with Gasteiger partial charge in [-0.05, 0) is 0 Å². The van der Waals surface area contributed by atoms with E-state index in [1.54, 1.807) is 13.1 Å². The summed E-state index contributed by atoms with van der Waals surface area (Å²) in [4.78, 5) is 3.90. The predicted molar refractivity (Wildman–Crippen MR) is 50.6 cm³/mol. The zero-order chi connectivity index (χ0) is 8.69. The fourth-order valence-electron chi connectivity index (χ4n) is 0.585. The van der Waals surface area contributed by atoms with Gasteiger partial charge in [-0.1, -0.05) is 12.7 Å². The fraction of sp³-hybridized carbons (Fsp3) is 0.333. The normalized spacial score (nSPS) is 14.1. The Labute approximate surface area is 68.3 Å². The lowest BCUT2D eigenvalue weighted by atomic mass is 10.4. The van der Waals surface area contributed by atoms with Gasteiger partial charge in [0.25, 0.3) is 0 Å². The fourth-order valence-corrected chi connectivity index (χ4v) is 0.585. The summed E-state index contributed by atoms with van der Waals surface area (Å²) in [6, 6.07) is 0. The van der Waals surface area contributed by atoms with Crippen LogP contribution < -0.4 is 0 Å². The molecule has 0 aromatic heterocycles. The van der Waals surface area contributed by atoms with E-state index >= 15 is 0 Å². The first-order chi connectivity index (χ1) is 5.22. The van der Waals surface area contributed by atoms with Crippen molar-refractivity contribution >= 4 is 11.9 Å². The van der Waals surface area contributed by atoms with E-state index in [1.807, 2.05) is 37.0 Å². The Morgan fingerprint density at radius 3 is 2.64 bits per heavy atom. The van der Waals surface area contributed by atoms with Crippen LogP contribution in [0.25, 0.3) is 0 Å². The lowest BCUT2D eigenvalue weighted by Gasteiger charge is -1.88. The highest BCUT2D eigenvalue weighted by molar-refractivity contribution is 6.26. The van der Waals surface area contributed by atoms with Crippen LogP contribution in [0.4, 0.5) is 0 Å². The van der Waals surface area contributed by atoms with E-state index in [0.717, 1.165) is 5.71 Å². The molecular weight excluding hydrogens is 136 g/mol. The summed E-state index contributed by atoms with van der Waals surface area (Å²) >= 11 is 0. The molecule has 0 fully saturated rings. The van der Waals surface area contributed by atoms with Crippen LogP contribution in [0.15, 0.2) is 29.9 Å². The predicted octanol–water partition coefficient (Wildman–Crippen LogP) is 1.49. The largest absolute Gasteiger partial charge is 0.290 e.